The zero-order valence-electron chi connectivity index (χ0n) is 13.5. The van der Waals surface area contributed by atoms with Crippen LogP contribution in [-0.2, 0) is 27.5 Å². The van der Waals surface area contributed by atoms with Gasteiger partial charge in [-0.15, -0.1) is 0 Å². The monoisotopic (exact) mass is 328 g/mol. The number of benzene rings is 2. The number of carbonyl (C=O) groups excluding carboxylic acids is 1. The molecule has 126 valence electrons. The van der Waals surface area contributed by atoms with E-state index in [1.807, 2.05) is 60.7 Å². The zero-order valence-corrected chi connectivity index (χ0v) is 13.5. The quantitative estimate of drug-likeness (QED) is 0.741. The number of halogens is 1. The lowest BCUT2D eigenvalue weighted by molar-refractivity contribution is -0.160. The standard InChI is InChI=1S/C20H21FO3/c21-20(15-24-13-17-9-5-2-6-10-17)11-19(22)18(20)14-23-12-16-7-3-1-4-8-16/h1-10,18H,11-15H2/t18-,20-/m0/s1. The van der Waals surface area contributed by atoms with Crippen LogP contribution >= 0.6 is 0 Å². The number of ketones is 1. The van der Waals surface area contributed by atoms with Gasteiger partial charge < -0.3 is 9.47 Å². The highest BCUT2D eigenvalue weighted by atomic mass is 19.1. The van der Waals surface area contributed by atoms with E-state index < -0.39 is 11.6 Å². The van der Waals surface area contributed by atoms with Gasteiger partial charge in [0.15, 0.2) is 5.67 Å². The molecular weight excluding hydrogens is 307 g/mol. The van der Waals surface area contributed by atoms with Crippen molar-refractivity contribution in [2.75, 3.05) is 13.2 Å². The summed E-state index contributed by atoms with van der Waals surface area (Å²) in [7, 11) is 0. The van der Waals surface area contributed by atoms with Gasteiger partial charge in [0.1, 0.15) is 5.78 Å². The number of rotatable bonds is 8. The number of carbonyl (C=O) groups is 1. The summed E-state index contributed by atoms with van der Waals surface area (Å²) in [6.07, 6.45) is -0.0822. The van der Waals surface area contributed by atoms with E-state index in [-0.39, 0.29) is 25.4 Å². The SMILES string of the molecule is O=C1C[C@](F)(COCc2ccccc2)[C@H]1COCc1ccccc1. The van der Waals surface area contributed by atoms with Crippen LogP contribution in [0, 0.1) is 5.92 Å². The van der Waals surface area contributed by atoms with Gasteiger partial charge >= 0.3 is 0 Å². The molecule has 0 aromatic heterocycles. The van der Waals surface area contributed by atoms with Crippen molar-refractivity contribution in [2.45, 2.75) is 25.3 Å². The molecule has 0 aliphatic heterocycles. The molecule has 0 amide bonds. The normalized spacial score (nSPS) is 23.0. The van der Waals surface area contributed by atoms with Gasteiger partial charge in [-0.25, -0.2) is 4.39 Å². The van der Waals surface area contributed by atoms with Crippen LogP contribution in [-0.4, -0.2) is 24.7 Å². The second kappa shape index (κ2) is 7.69. The summed E-state index contributed by atoms with van der Waals surface area (Å²) >= 11 is 0. The van der Waals surface area contributed by atoms with Crippen molar-refractivity contribution in [3.05, 3.63) is 71.8 Å². The molecule has 2 atom stereocenters. The Balaban J connectivity index is 1.45. The molecule has 2 aromatic carbocycles. The molecule has 1 aliphatic rings. The fourth-order valence-corrected chi connectivity index (χ4v) is 2.87. The number of Topliss-reactive ketones (excluding diaryl/α,β-unsaturated/α-hetero) is 1. The molecule has 1 saturated carbocycles. The van der Waals surface area contributed by atoms with Crippen molar-refractivity contribution in [1.82, 2.24) is 0 Å². The molecule has 2 aromatic rings. The third-order valence-corrected chi connectivity index (χ3v) is 4.33. The van der Waals surface area contributed by atoms with Crippen molar-refractivity contribution in [3.8, 4) is 0 Å². The molecule has 1 fully saturated rings. The first-order valence-corrected chi connectivity index (χ1v) is 8.12. The molecule has 1 aliphatic carbocycles. The first-order chi connectivity index (χ1) is 11.7. The Labute approximate surface area is 141 Å². The van der Waals surface area contributed by atoms with E-state index in [2.05, 4.69) is 0 Å². The van der Waals surface area contributed by atoms with Crippen LogP contribution in [0.15, 0.2) is 60.7 Å². The second-order valence-electron chi connectivity index (χ2n) is 6.21. The lowest BCUT2D eigenvalue weighted by atomic mass is 9.70. The van der Waals surface area contributed by atoms with Gasteiger partial charge in [-0.2, -0.15) is 0 Å². The Kier molecular flexibility index (Phi) is 5.38. The van der Waals surface area contributed by atoms with E-state index in [1.54, 1.807) is 0 Å². The highest BCUT2D eigenvalue weighted by Gasteiger charge is 2.54. The van der Waals surface area contributed by atoms with Gasteiger partial charge in [-0.3, -0.25) is 4.79 Å². The summed E-state index contributed by atoms with van der Waals surface area (Å²) in [4.78, 5) is 11.7. The maximum absolute atomic E-state index is 14.8. The minimum Gasteiger partial charge on any atom is -0.376 e. The topological polar surface area (TPSA) is 35.5 Å². The van der Waals surface area contributed by atoms with E-state index >= 15 is 0 Å². The summed E-state index contributed by atoms with van der Waals surface area (Å²) in [5, 5.41) is 0. The Morgan fingerprint density at radius 1 is 0.917 bits per heavy atom. The van der Waals surface area contributed by atoms with Crippen LogP contribution in [0.3, 0.4) is 0 Å². The lowest BCUT2D eigenvalue weighted by Gasteiger charge is -2.40. The zero-order chi connectivity index (χ0) is 16.8. The van der Waals surface area contributed by atoms with Gasteiger partial charge in [0.05, 0.1) is 32.3 Å². The second-order valence-corrected chi connectivity index (χ2v) is 6.21. The first-order valence-electron chi connectivity index (χ1n) is 8.12. The molecule has 0 saturated heterocycles. The van der Waals surface area contributed by atoms with Crippen molar-refractivity contribution in [3.63, 3.8) is 0 Å². The Morgan fingerprint density at radius 3 is 2.00 bits per heavy atom. The van der Waals surface area contributed by atoms with E-state index in [0.717, 1.165) is 11.1 Å². The van der Waals surface area contributed by atoms with Crippen molar-refractivity contribution in [1.29, 1.82) is 0 Å². The molecule has 0 heterocycles. The van der Waals surface area contributed by atoms with Crippen molar-refractivity contribution < 1.29 is 18.7 Å². The van der Waals surface area contributed by atoms with Crippen LogP contribution in [0.2, 0.25) is 0 Å². The summed E-state index contributed by atoms with van der Waals surface area (Å²) in [5.74, 6) is -0.814. The lowest BCUT2D eigenvalue weighted by Crippen LogP contribution is -2.56. The summed E-state index contributed by atoms with van der Waals surface area (Å²) < 4.78 is 25.8. The average Bonchev–Trinajstić information content (AvgIpc) is 2.60. The molecule has 0 N–H and O–H groups in total. The van der Waals surface area contributed by atoms with Gasteiger partial charge in [-0.1, -0.05) is 60.7 Å². The smallest absolute Gasteiger partial charge is 0.152 e. The molecule has 24 heavy (non-hydrogen) atoms. The van der Waals surface area contributed by atoms with Crippen LogP contribution in [0.1, 0.15) is 17.5 Å². The minimum absolute atomic E-state index is 0.0764. The average molecular weight is 328 g/mol. The Bertz CT molecular complexity index is 659. The van der Waals surface area contributed by atoms with E-state index in [1.165, 1.54) is 0 Å². The predicted octanol–water partition coefficient (Wildman–Crippen LogP) is 3.72. The summed E-state index contributed by atoms with van der Waals surface area (Å²) in [5.41, 5.74) is 0.389. The molecular formula is C20H21FO3. The maximum Gasteiger partial charge on any atom is 0.152 e. The van der Waals surface area contributed by atoms with E-state index in [9.17, 15) is 9.18 Å². The third-order valence-electron chi connectivity index (χ3n) is 4.33. The highest BCUT2D eigenvalue weighted by Crippen LogP contribution is 2.39. The Hall–Kier alpha value is -2.04. The minimum atomic E-state index is -1.61. The van der Waals surface area contributed by atoms with Gasteiger partial charge in [0.2, 0.25) is 0 Å². The molecule has 0 radical (unpaired) electrons. The van der Waals surface area contributed by atoms with Crippen LogP contribution in [0.25, 0.3) is 0 Å². The fourth-order valence-electron chi connectivity index (χ4n) is 2.87. The van der Waals surface area contributed by atoms with Gasteiger partial charge in [0.25, 0.3) is 0 Å². The highest BCUT2D eigenvalue weighted by molar-refractivity contribution is 5.90. The van der Waals surface area contributed by atoms with Crippen molar-refractivity contribution in [2.24, 2.45) is 5.92 Å². The summed E-state index contributed by atoms with van der Waals surface area (Å²) in [6, 6.07) is 19.2. The first kappa shape index (κ1) is 16.8. The molecule has 3 rings (SSSR count). The van der Waals surface area contributed by atoms with E-state index in [4.69, 9.17) is 9.47 Å². The largest absolute Gasteiger partial charge is 0.376 e. The van der Waals surface area contributed by atoms with Crippen molar-refractivity contribution >= 4 is 5.78 Å². The molecule has 4 heteroatoms. The molecule has 0 spiro atoms. The molecule has 0 bridgehead atoms. The molecule has 0 unspecified atom stereocenters. The fraction of sp³-hybridized carbons (Fsp3) is 0.350. The number of ether oxygens (including phenoxy) is 2. The molecule has 3 nitrogen and oxygen atoms in total. The van der Waals surface area contributed by atoms with Crippen LogP contribution in [0.5, 0.6) is 0 Å². The van der Waals surface area contributed by atoms with Gasteiger partial charge in [0, 0.05) is 6.42 Å². The number of alkyl halides is 1. The van der Waals surface area contributed by atoms with Crippen LogP contribution < -0.4 is 0 Å². The Morgan fingerprint density at radius 2 is 1.46 bits per heavy atom. The number of hydrogen-bond acceptors (Lipinski definition) is 3. The number of hydrogen-bond donors (Lipinski definition) is 0. The third kappa shape index (κ3) is 4.08. The predicted molar refractivity (Wildman–Crippen MR) is 89.1 cm³/mol. The van der Waals surface area contributed by atoms with E-state index in [0.29, 0.717) is 13.2 Å². The van der Waals surface area contributed by atoms with Crippen LogP contribution in [0.4, 0.5) is 4.39 Å². The van der Waals surface area contributed by atoms with Gasteiger partial charge in [-0.05, 0) is 11.1 Å². The maximum atomic E-state index is 14.8. The summed E-state index contributed by atoms with van der Waals surface area (Å²) in [6.45, 7) is 0.746.